The van der Waals surface area contributed by atoms with Crippen molar-refractivity contribution < 1.29 is 0 Å². The van der Waals surface area contributed by atoms with E-state index in [0.717, 1.165) is 35.4 Å². The molecule has 3 aromatic heterocycles. The number of fused-ring (bicyclic) bond motifs is 1. The lowest BCUT2D eigenvalue weighted by Crippen LogP contribution is -2.23. The molecular weight excluding hydrogens is 330 g/mol. The Labute approximate surface area is 150 Å². The largest absolute Gasteiger partial charge is 0.352 e. The lowest BCUT2D eigenvalue weighted by Gasteiger charge is -2.16. The molecule has 0 fully saturated rings. The van der Waals surface area contributed by atoms with E-state index in [2.05, 4.69) is 44.0 Å². The molecule has 0 aliphatic carbocycles. The first-order valence-electron chi connectivity index (χ1n) is 8.25. The van der Waals surface area contributed by atoms with Gasteiger partial charge in [-0.3, -0.25) is 0 Å². The standard InChI is InChI=1S/C17H19N9/c1-3-5-14-15(22-12-25-16(14)21-11-24-25)10-13-6-8-23-26(13)17(19-4-2)20-9-7-18/h4,6,8-9,11-12,17,19H,2-3,5,10H2,1H3/b20-9+. The molecular formula is C17H19N9. The van der Waals surface area contributed by atoms with Crippen molar-refractivity contribution in [3.8, 4) is 6.07 Å². The molecule has 3 heterocycles. The first kappa shape index (κ1) is 17.3. The number of rotatable bonds is 8. The summed E-state index contributed by atoms with van der Waals surface area (Å²) in [6.07, 6.45) is 9.47. The van der Waals surface area contributed by atoms with E-state index in [0.29, 0.717) is 6.42 Å². The van der Waals surface area contributed by atoms with Crippen LogP contribution >= 0.6 is 0 Å². The molecule has 0 aliphatic rings. The van der Waals surface area contributed by atoms with Crippen molar-refractivity contribution >= 4 is 11.9 Å². The summed E-state index contributed by atoms with van der Waals surface area (Å²) in [6, 6.07) is 3.80. The van der Waals surface area contributed by atoms with Crippen molar-refractivity contribution in [1.29, 1.82) is 5.26 Å². The van der Waals surface area contributed by atoms with Gasteiger partial charge in [-0.1, -0.05) is 19.9 Å². The average Bonchev–Trinajstić information content (AvgIpc) is 3.30. The van der Waals surface area contributed by atoms with Gasteiger partial charge in [0, 0.05) is 23.9 Å². The Balaban J connectivity index is 1.97. The molecule has 26 heavy (non-hydrogen) atoms. The lowest BCUT2D eigenvalue weighted by atomic mass is 10.1. The van der Waals surface area contributed by atoms with Crippen LogP contribution in [0.2, 0.25) is 0 Å². The maximum atomic E-state index is 8.75. The van der Waals surface area contributed by atoms with E-state index >= 15 is 0 Å². The minimum atomic E-state index is -0.538. The number of hydrogen-bond donors (Lipinski definition) is 1. The van der Waals surface area contributed by atoms with Crippen molar-refractivity contribution in [3.05, 3.63) is 54.6 Å². The lowest BCUT2D eigenvalue weighted by molar-refractivity contribution is 0.419. The van der Waals surface area contributed by atoms with E-state index < -0.39 is 6.29 Å². The van der Waals surface area contributed by atoms with Crippen LogP contribution in [0.1, 0.15) is 36.6 Å². The number of aryl methyl sites for hydroxylation is 1. The van der Waals surface area contributed by atoms with Gasteiger partial charge in [-0.15, -0.1) is 0 Å². The van der Waals surface area contributed by atoms with Crippen LogP contribution in [0.4, 0.5) is 0 Å². The number of aliphatic imine (C=N–C) groups is 1. The van der Waals surface area contributed by atoms with Crippen LogP contribution in [0, 0.1) is 11.3 Å². The van der Waals surface area contributed by atoms with Gasteiger partial charge in [0.1, 0.15) is 24.9 Å². The molecule has 0 aromatic carbocycles. The summed E-state index contributed by atoms with van der Waals surface area (Å²) in [5.41, 5.74) is 3.74. The molecule has 1 atom stereocenters. The second-order valence-corrected chi connectivity index (χ2v) is 5.54. The molecule has 0 saturated carbocycles. The number of nitriles is 1. The molecule has 0 amide bonds. The van der Waals surface area contributed by atoms with Crippen molar-refractivity contribution in [2.75, 3.05) is 0 Å². The van der Waals surface area contributed by atoms with E-state index in [1.54, 1.807) is 21.7 Å². The van der Waals surface area contributed by atoms with E-state index in [-0.39, 0.29) is 0 Å². The van der Waals surface area contributed by atoms with Gasteiger partial charge >= 0.3 is 0 Å². The zero-order chi connectivity index (χ0) is 18.4. The molecule has 3 aromatic rings. The SMILES string of the molecule is C=CNC(/N=C/C#N)n1nccc1Cc1ncn2ncnc2c1CCC. The normalized spacial score (nSPS) is 12.3. The molecule has 0 saturated heterocycles. The maximum absolute atomic E-state index is 8.75. The summed E-state index contributed by atoms with van der Waals surface area (Å²) >= 11 is 0. The summed E-state index contributed by atoms with van der Waals surface area (Å²) in [4.78, 5) is 13.1. The van der Waals surface area contributed by atoms with E-state index in [9.17, 15) is 0 Å². The van der Waals surface area contributed by atoms with Gasteiger partial charge in [0.05, 0.1) is 5.69 Å². The monoisotopic (exact) mass is 349 g/mol. The zero-order valence-corrected chi connectivity index (χ0v) is 14.4. The highest BCUT2D eigenvalue weighted by atomic mass is 15.4. The molecule has 9 heteroatoms. The Morgan fingerprint density at radius 3 is 3.08 bits per heavy atom. The topological polar surface area (TPSA) is 109 Å². The summed E-state index contributed by atoms with van der Waals surface area (Å²) < 4.78 is 3.39. The molecule has 9 nitrogen and oxygen atoms in total. The van der Waals surface area contributed by atoms with Gasteiger partial charge in [0.2, 0.25) is 6.29 Å². The van der Waals surface area contributed by atoms with Crippen molar-refractivity contribution in [1.82, 2.24) is 34.7 Å². The molecule has 0 aliphatic heterocycles. The van der Waals surface area contributed by atoms with Crippen molar-refractivity contribution in [2.45, 2.75) is 32.5 Å². The first-order valence-corrected chi connectivity index (χ1v) is 8.25. The predicted octanol–water partition coefficient (Wildman–Crippen LogP) is 1.65. The average molecular weight is 349 g/mol. The predicted molar refractivity (Wildman–Crippen MR) is 96.3 cm³/mol. The van der Waals surface area contributed by atoms with Crippen molar-refractivity contribution in [3.63, 3.8) is 0 Å². The molecule has 1 N–H and O–H groups in total. The van der Waals surface area contributed by atoms with E-state index in [1.165, 1.54) is 18.7 Å². The number of hydrogen-bond acceptors (Lipinski definition) is 7. The van der Waals surface area contributed by atoms with Crippen LogP contribution in [0.5, 0.6) is 0 Å². The van der Waals surface area contributed by atoms with Crippen LogP contribution in [-0.4, -0.2) is 35.6 Å². The minimum absolute atomic E-state index is 0.538. The maximum Gasteiger partial charge on any atom is 0.216 e. The van der Waals surface area contributed by atoms with Crippen LogP contribution in [0.25, 0.3) is 5.65 Å². The third-order valence-corrected chi connectivity index (χ3v) is 3.89. The molecule has 132 valence electrons. The fourth-order valence-electron chi connectivity index (χ4n) is 2.80. The number of nitrogens with one attached hydrogen (secondary N) is 1. The molecule has 0 radical (unpaired) electrons. The van der Waals surface area contributed by atoms with Gasteiger partial charge in [0.25, 0.3) is 0 Å². The third-order valence-electron chi connectivity index (χ3n) is 3.89. The zero-order valence-electron chi connectivity index (χ0n) is 14.4. The Kier molecular flexibility index (Phi) is 5.34. The third kappa shape index (κ3) is 3.44. The van der Waals surface area contributed by atoms with Crippen molar-refractivity contribution in [2.24, 2.45) is 4.99 Å². The van der Waals surface area contributed by atoms with E-state index in [1.807, 2.05) is 12.1 Å². The Morgan fingerprint density at radius 2 is 2.31 bits per heavy atom. The number of nitrogens with zero attached hydrogens (tertiary/aromatic N) is 8. The van der Waals surface area contributed by atoms with Gasteiger partial charge in [-0.25, -0.2) is 24.2 Å². The number of aromatic nitrogens is 6. The summed E-state index contributed by atoms with van der Waals surface area (Å²) in [5, 5.41) is 20.2. The highest BCUT2D eigenvalue weighted by molar-refractivity contribution is 5.74. The summed E-state index contributed by atoms with van der Waals surface area (Å²) in [5.74, 6) is 0. The van der Waals surface area contributed by atoms with Crippen LogP contribution in [0.15, 0.2) is 42.7 Å². The first-order chi connectivity index (χ1) is 12.8. The van der Waals surface area contributed by atoms with Gasteiger partial charge in [-0.2, -0.15) is 15.5 Å². The second kappa shape index (κ2) is 8.02. The highest BCUT2D eigenvalue weighted by Gasteiger charge is 2.16. The van der Waals surface area contributed by atoms with E-state index in [4.69, 9.17) is 5.26 Å². The van der Waals surface area contributed by atoms with Gasteiger partial charge in [0.15, 0.2) is 5.65 Å². The Bertz CT molecular complexity index is 960. The van der Waals surface area contributed by atoms with Gasteiger partial charge in [-0.05, 0) is 18.7 Å². The summed E-state index contributed by atoms with van der Waals surface area (Å²) in [7, 11) is 0. The smallest absolute Gasteiger partial charge is 0.216 e. The Morgan fingerprint density at radius 1 is 1.42 bits per heavy atom. The van der Waals surface area contributed by atoms with Crippen LogP contribution < -0.4 is 5.32 Å². The molecule has 0 spiro atoms. The molecule has 1 unspecified atom stereocenters. The van der Waals surface area contributed by atoms with Crippen LogP contribution in [-0.2, 0) is 12.8 Å². The highest BCUT2D eigenvalue weighted by Crippen LogP contribution is 2.19. The quantitative estimate of drug-likeness (QED) is 0.619. The fourth-order valence-corrected chi connectivity index (χ4v) is 2.80. The molecule has 3 rings (SSSR count). The Hall–Kier alpha value is -3.54. The second-order valence-electron chi connectivity index (χ2n) is 5.54. The van der Waals surface area contributed by atoms with Crippen LogP contribution in [0.3, 0.4) is 0 Å². The van der Waals surface area contributed by atoms with Gasteiger partial charge < -0.3 is 5.32 Å². The molecule has 0 bridgehead atoms. The minimum Gasteiger partial charge on any atom is -0.352 e. The summed E-state index contributed by atoms with van der Waals surface area (Å²) in [6.45, 7) is 5.78. The fraction of sp³-hybridized carbons (Fsp3) is 0.294.